The third-order valence-electron chi connectivity index (χ3n) is 2.91. The quantitative estimate of drug-likeness (QED) is 0.779. The van der Waals surface area contributed by atoms with Gasteiger partial charge in [0.15, 0.2) is 0 Å². The van der Waals surface area contributed by atoms with Crippen molar-refractivity contribution < 1.29 is 9.90 Å². The molecule has 4 heteroatoms. The Balaban J connectivity index is 2.18. The summed E-state index contributed by atoms with van der Waals surface area (Å²) in [4.78, 5) is 11.0. The van der Waals surface area contributed by atoms with Crippen LogP contribution in [-0.2, 0) is 4.79 Å². The molecule has 2 atom stereocenters. The van der Waals surface area contributed by atoms with Crippen LogP contribution in [0.25, 0.3) is 0 Å². The molecule has 1 aliphatic rings. The SMILES string of the molecule is O=C(O)[C@H]1CCCC[C@H]1n1cccn1. The minimum atomic E-state index is -0.690. The molecule has 1 aromatic rings. The molecule has 1 aliphatic carbocycles. The lowest BCUT2D eigenvalue weighted by Gasteiger charge is -2.28. The van der Waals surface area contributed by atoms with Crippen molar-refractivity contribution in [3.05, 3.63) is 18.5 Å². The van der Waals surface area contributed by atoms with Gasteiger partial charge in [-0.05, 0) is 18.9 Å². The van der Waals surface area contributed by atoms with Gasteiger partial charge >= 0.3 is 5.97 Å². The fraction of sp³-hybridized carbons (Fsp3) is 0.600. The predicted octanol–water partition coefficient (Wildman–Crippen LogP) is 1.70. The highest BCUT2D eigenvalue weighted by Crippen LogP contribution is 2.33. The summed E-state index contributed by atoms with van der Waals surface area (Å²) in [5.41, 5.74) is 0. The summed E-state index contributed by atoms with van der Waals surface area (Å²) < 4.78 is 1.79. The smallest absolute Gasteiger partial charge is 0.308 e. The van der Waals surface area contributed by atoms with Crippen molar-refractivity contribution in [3.8, 4) is 0 Å². The minimum Gasteiger partial charge on any atom is -0.481 e. The highest BCUT2D eigenvalue weighted by Gasteiger charge is 2.32. The Morgan fingerprint density at radius 3 is 2.86 bits per heavy atom. The molecule has 1 fully saturated rings. The lowest BCUT2D eigenvalue weighted by atomic mass is 9.85. The maximum Gasteiger partial charge on any atom is 0.308 e. The zero-order valence-corrected chi connectivity index (χ0v) is 7.97. The largest absolute Gasteiger partial charge is 0.481 e. The van der Waals surface area contributed by atoms with E-state index in [-0.39, 0.29) is 12.0 Å². The van der Waals surface area contributed by atoms with Gasteiger partial charge in [0.1, 0.15) is 0 Å². The van der Waals surface area contributed by atoms with Gasteiger partial charge in [0.05, 0.1) is 12.0 Å². The van der Waals surface area contributed by atoms with E-state index in [1.807, 2.05) is 12.3 Å². The van der Waals surface area contributed by atoms with E-state index in [9.17, 15) is 4.79 Å². The maximum absolute atomic E-state index is 11.0. The van der Waals surface area contributed by atoms with Crippen molar-refractivity contribution in [2.75, 3.05) is 0 Å². The molecule has 0 radical (unpaired) electrons. The standard InChI is InChI=1S/C10H14N2O2/c13-10(14)8-4-1-2-5-9(8)12-7-3-6-11-12/h3,6-9H,1-2,4-5H2,(H,13,14)/t8-,9+/m0/s1. The maximum atomic E-state index is 11.0. The van der Waals surface area contributed by atoms with Gasteiger partial charge < -0.3 is 5.11 Å². The molecule has 0 bridgehead atoms. The number of aliphatic carboxylic acids is 1. The first-order valence-electron chi connectivity index (χ1n) is 5.01. The normalized spacial score (nSPS) is 27.4. The molecule has 1 heterocycles. The van der Waals surface area contributed by atoms with Crippen molar-refractivity contribution in [2.45, 2.75) is 31.7 Å². The second-order valence-corrected chi connectivity index (χ2v) is 3.78. The van der Waals surface area contributed by atoms with Gasteiger partial charge in [-0.1, -0.05) is 12.8 Å². The van der Waals surface area contributed by atoms with Crippen LogP contribution in [0.3, 0.4) is 0 Å². The number of carboxylic acids is 1. The van der Waals surface area contributed by atoms with Crippen LogP contribution < -0.4 is 0 Å². The van der Waals surface area contributed by atoms with E-state index in [1.54, 1.807) is 10.9 Å². The fourth-order valence-corrected chi connectivity index (χ4v) is 2.19. The Bertz CT molecular complexity index is 308. The highest BCUT2D eigenvalue weighted by molar-refractivity contribution is 5.70. The number of aromatic nitrogens is 2. The summed E-state index contributed by atoms with van der Waals surface area (Å²) in [6.07, 6.45) is 7.39. The first-order chi connectivity index (χ1) is 6.79. The van der Waals surface area contributed by atoms with E-state index in [0.29, 0.717) is 0 Å². The van der Waals surface area contributed by atoms with Gasteiger partial charge in [0.2, 0.25) is 0 Å². The Morgan fingerprint density at radius 2 is 2.21 bits per heavy atom. The molecule has 0 amide bonds. The third kappa shape index (κ3) is 1.64. The van der Waals surface area contributed by atoms with Crippen LogP contribution in [0.5, 0.6) is 0 Å². The second kappa shape index (κ2) is 3.82. The molecule has 76 valence electrons. The molecule has 1 N–H and O–H groups in total. The summed E-state index contributed by atoms with van der Waals surface area (Å²) in [6.45, 7) is 0. The molecular weight excluding hydrogens is 180 g/mol. The average Bonchev–Trinajstić information content (AvgIpc) is 2.70. The summed E-state index contributed by atoms with van der Waals surface area (Å²) in [5, 5.41) is 13.2. The number of carboxylic acid groups (broad SMARTS) is 1. The van der Waals surface area contributed by atoms with E-state index in [4.69, 9.17) is 5.11 Å². The lowest BCUT2D eigenvalue weighted by molar-refractivity contribution is -0.144. The van der Waals surface area contributed by atoms with Crippen LogP contribution in [0.15, 0.2) is 18.5 Å². The molecule has 0 aromatic carbocycles. The van der Waals surface area contributed by atoms with Crippen molar-refractivity contribution in [1.82, 2.24) is 9.78 Å². The van der Waals surface area contributed by atoms with Crippen molar-refractivity contribution >= 4 is 5.97 Å². The van der Waals surface area contributed by atoms with Crippen molar-refractivity contribution in [1.29, 1.82) is 0 Å². The molecule has 0 unspecified atom stereocenters. The predicted molar refractivity (Wildman–Crippen MR) is 50.9 cm³/mol. The van der Waals surface area contributed by atoms with Crippen molar-refractivity contribution in [3.63, 3.8) is 0 Å². The summed E-state index contributed by atoms with van der Waals surface area (Å²) in [6, 6.07) is 1.89. The van der Waals surface area contributed by atoms with Gasteiger partial charge in [0.25, 0.3) is 0 Å². The molecule has 0 saturated heterocycles. The van der Waals surface area contributed by atoms with Gasteiger partial charge in [-0.15, -0.1) is 0 Å². The van der Waals surface area contributed by atoms with E-state index in [1.165, 1.54) is 0 Å². The number of rotatable bonds is 2. The molecular formula is C10H14N2O2. The molecule has 14 heavy (non-hydrogen) atoms. The lowest BCUT2D eigenvalue weighted by Crippen LogP contribution is -2.29. The third-order valence-corrected chi connectivity index (χ3v) is 2.91. The van der Waals surface area contributed by atoms with Crippen LogP contribution in [0.1, 0.15) is 31.7 Å². The zero-order valence-electron chi connectivity index (χ0n) is 7.97. The number of hydrogen-bond acceptors (Lipinski definition) is 2. The zero-order chi connectivity index (χ0) is 9.97. The van der Waals surface area contributed by atoms with Crippen LogP contribution in [0, 0.1) is 5.92 Å². The summed E-state index contributed by atoms with van der Waals surface area (Å²) >= 11 is 0. The first kappa shape index (κ1) is 9.24. The average molecular weight is 194 g/mol. The van der Waals surface area contributed by atoms with Gasteiger partial charge in [-0.3, -0.25) is 9.48 Å². The molecule has 1 aromatic heterocycles. The Hall–Kier alpha value is -1.32. The second-order valence-electron chi connectivity index (χ2n) is 3.78. The monoisotopic (exact) mass is 194 g/mol. The molecule has 0 aliphatic heterocycles. The molecule has 1 saturated carbocycles. The van der Waals surface area contributed by atoms with Crippen LogP contribution in [0.4, 0.5) is 0 Å². The number of nitrogens with zero attached hydrogens (tertiary/aromatic N) is 2. The fourth-order valence-electron chi connectivity index (χ4n) is 2.19. The van der Waals surface area contributed by atoms with E-state index < -0.39 is 5.97 Å². The van der Waals surface area contributed by atoms with E-state index in [2.05, 4.69) is 5.10 Å². The number of hydrogen-bond donors (Lipinski definition) is 1. The van der Waals surface area contributed by atoms with Gasteiger partial charge in [-0.25, -0.2) is 0 Å². The van der Waals surface area contributed by atoms with E-state index in [0.717, 1.165) is 25.7 Å². The Labute approximate surface area is 82.5 Å². The van der Waals surface area contributed by atoms with Gasteiger partial charge in [-0.2, -0.15) is 5.10 Å². The Kier molecular flexibility index (Phi) is 2.52. The topological polar surface area (TPSA) is 55.1 Å². The Morgan fingerprint density at radius 1 is 1.43 bits per heavy atom. The van der Waals surface area contributed by atoms with Crippen LogP contribution >= 0.6 is 0 Å². The van der Waals surface area contributed by atoms with Gasteiger partial charge in [0, 0.05) is 12.4 Å². The molecule has 4 nitrogen and oxygen atoms in total. The van der Waals surface area contributed by atoms with Crippen LogP contribution in [0.2, 0.25) is 0 Å². The number of carbonyl (C=O) groups is 1. The minimum absolute atomic E-state index is 0.0521. The summed E-state index contributed by atoms with van der Waals surface area (Å²) in [5.74, 6) is -0.950. The molecule has 2 rings (SSSR count). The molecule has 0 spiro atoms. The summed E-state index contributed by atoms with van der Waals surface area (Å²) in [7, 11) is 0. The highest BCUT2D eigenvalue weighted by atomic mass is 16.4. The first-order valence-corrected chi connectivity index (χ1v) is 5.01. The van der Waals surface area contributed by atoms with Crippen LogP contribution in [-0.4, -0.2) is 20.9 Å². The van der Waals surface area contributed by atoms with E-state index >= 15 is 0 Å². The van der Waals surface area contributed by atoms with Crippen molar-refractivity contribution in [2.24, 2.45) is 5.92 Å².